The van der Waals surface area contributed by atoms with Crippen molar-refractivity contribution in [2.45, 2.75) is 6.92 Å². The van der Waals surface area contributed by atoms with Gasteiger partial charge in [-0.1, -0.05) is 17.7 Å². The number of hydrogen-bond acceptors (Lipinski definition) is 3. The average molecular weight is 288 g/mol. The van der Waals surface area contributed by atoms with E-state index >= 15 is 0 Å². The van der Waals surface area contributed by atoms with Gasteiger partial charge in [-0.15, -0.1) is 0 Å². The zero-order valence-electron chi connectivity index (χ0n) is 10.6. The van der Waals surface area contributed by atoms with Crippen LogP contribution in [0, 0.1) is 18.3 Å². The van der Waals surface area contributed by atoms with Gasteiger partial charge in [-0.3, -0.25) is 0 Å². The van der Waals surface area contributed by atoms with E-state index in [4.69, 9.17) is 26.7 Å². The van der Waals surface area contributed by atoms with E-state index in [1.807, 2.05) is 13.0 Å². The molecule has 5 heteroatoms. The molecule has 2 rings (SSSR count). The SMILES string of the molecule is Cc1ccc(C#N)c(Oc2cc(Cl)ccc2C(=O)O)c1. The first-order valence-electron chi connectivity index (χ1n) is 5.72. The molecule has 0 atom stereocenters. The molecule has 0 radical (unpaired) electrons. The van der Waals surface area contributed by atoms with Crippen LogP contribution in [0.25, 0.3) is 0 Å². The zero-order valence-corrected chi connectivity index (χ0v) is 11.3. The maximum atomic E-state index is 11.2. The van der Waals surface area contributed by atoms with Crippen molar-refractivity contribution in [2.24, 2.45) is 0 Å². The van der Waals surface area contributed by atoms with Crippen molar-refractivity contribution < 1.29 is 14.6 Å². The highest BCUT2D eigenvalue weighted by Crippen LogP contribution is 2.31. The van der Waals surface area contributed by atoms with Crippen LogP contribution in [0.4, 0.5) is 0 Å². The van der Waals surface area contributed by atoms with Crippen LogP contribution in [-0.2, 0) is 0 Å². The van der Waals surface area contributed by atoms with Crippen LogP contribution in [0.1, 0.15) is 21.5 Å². The second-order valence-corrected chi connectivity index (χ2v) is 4.60. The summed E-state index contributed by atoms with van der Waals surface area (Å²) in [4.78, 5) is 11.2. The molecule has 0 aliphatic rings. The van der Waals surface area contributed by atoms with Gasteiger partial charge in [-0.25, -0.2) is 4.79 Å². The smallest absolute Gasteiger partial charge is 0.339 e. The quantitative estimate of drug-likeness (QED) is 0.926. The van der Waals surface area contributed by atoms with E-state index in [-0.39, 0.29) is 11.3 Å². The van der Waals surface area contributed by atoms with Crippen LogP contribution >= 0.6 is 11.6 Å². The van der Waals surface area contributed by atoms with Crippen molar-refractivity contribution >= 4 is 17.6 Å². The Morgan fingerprint density at radius 2 is 2.00 bits per heavy atom. The van der Waals surface area contributed by atoms with Crippen molar-refractivity contribution in [2.75, 3.05) is 0 Å². The Bertz CT molecular complexity index is 720. The molecule has 20 heavy (non-hydrogen) atoms. The average Bonchev–Trinajstić information content (AvgIpc) is 2.38. The predicted octanol–water partition coefficient (Wildman–Crippen LogP) is 4.01. The molecule has 0 spiro atoms. The lowest BCUT2D eigenvalue weighted by Crippen LogP contribution is -2.00. The summed E-state index contributed by atoms with van der Waals surface area (Å²) in [5.41, 5.74) is 1.21. The lowest BCUT2D eigenvalue weighted by Gasteiger charge is -2.11. The Labute approximate surface area is 120 Å². The van der Waals surface area contributed by atoms with E-state index in [0.29, 0.717) is 16.3 Å². The Morgan fingerprint density at radius 1 is 1.25 bits per heavy atom. The number of carboxylic acid groups (broad SMARTS) is 1. The van der Waals surface area contributed by atoms with Crippen molar-refractivity contribution in [3.05, 3.63) is 58.1 Å². The highest BCUT2D eigenvalue weighted by atomic mass is 35.5. The molecule has 0 heterocycles. The minimum atomic E-state index is -1.12. The second kappa shape index (κ2) is 5.64. The van der Waals surface area contributed by atoms with Gasteiger partial charge in [0.1, 0.15) is 23.1 Å². The molecule has 0 aromatic heterocycles. The fourth-order valence-corrected chi connectivity index (χ4v) is 1.84. The van der Waals surface area contributed by atoms with Crippen LogP contribution < -0.4 is 4.74 Å². The lowest BCUT2D eigenvalue weighted by atomic mass is 10.1. The van der Waals surface area contributed by atoms with Crippen LogP contribution in [0.5, 0.6) is 11.5 Å². The van der Waals surface area contributed by atoms with Gasteiger partial charge < -0.3 is 9.84 Å². The summed E-state index contributed by atoms with van der Waals surface area (Å²) < 4.78 is 5.57. The summed E-state index contributed by atoms with van der Waals surface area (Å²) in [6.07, 6.45) is 0. The molecule has 2 aromatic rings. The number of hydrogen-bond donors (Lipinski definition) is 1. The number of nitriles is 1. The highest BCUT2D eigenvalue weighted by molar-refractivity contribution is 6.30. The maximum Gasteiger partial charge on any atom is 0.339 e. The van der Waals surface area contributed by atoms with Gasteiger partial charge in [0, 0.05) is 11.1 Å². The van der Waals surface area contributed by atoms with E-state index in [1.165, 1.54) is 18.2 Å². The summed E-state index contributed by atoms with van der Waals surface area (Å²) in [5.74, 6) is -0.716. The zero-order chi connectivity index (χ0) is 14.7. The first-order valence-corrected chi connectivity index (χ1v) is 6.10. The Balaban J connectivity index is 2.50. The van der Waals surface area contributed by atoms with Crippen LogP contribution in [-0.4, -0.2) is 11.1 Å². The van der Waals surface area contributed by atoms with Crippen molar-refractivity contribution in [3.63, 3.8) is 0 Å². The summed E-state index contributed by atoms with van der Waals surface area (Å²) in [6.45, 7) is 1.85. The molecule has 0 aliphatic carbocycles. The number of aryl methyl sites for hydroxylation is 1. The largest absolute Gasteiger partial charge is 0.478 e. The van der Waals surface area contributed by atoms with E-state index < -0.39 is 5.97 Å². The monoisotopic (exact) mass is 287 g/mol. The van der Waals surface area contributed by atoms with Gasteiger partial charge >= 0.3 is 5.97 Å². The van der Waals surface area contributed by atoms with Gasteiger partial charge in [-0.05, 0) is 36.8 Å². The fourth-order valence-electron chi connectivity index (χ4n) is 1.68. The molecular formula is C15H10ClNO3. The van der Waals surface area contributed by atoms with Gasteiger partial charge in [0.25, 0.3) is 0 Å². The van der Waals surface area contributed by atoms with Crippen LogP contribution in [0.3, 0.4) is 0 Å². The number of benzene rings is 2. The number of ether oxygens (including phenoxy) is 1. The highest BCUT2D eigenvalue weighted by Gasteiger charge is 2.14. The normalized spacial score (nSPS) is 9.85. The molecule has 0 unspecified atom stereocenters. The molecule has 0 saturated heterocycles. The third-order valence-corrected chi connectivity index (χ3v) is 2.89. The number of rotatable bonds is 3. The molecule has 2 aromatic carbocycles. The van der Waals surface area contributed by atoms with E-state index in [0.717, 1.165) is 5.56 Å². The molecule has 0 aliphatic heterocycles. The third kappa shape index (κ3) is 2.90. The first kappa shape index (κ1) is 13.9. The number of aromatic carboxylic acids is 1. The number of carboxylic acids is 1. The van der Waals surface area contributed by atoms with Crippen LogP contribution in [0.15, 0.2) is 36.4 Å². The second-order valence-electron chi connectivity index (χ2n) is 4.16. The van der Waals surface area contributed by atoms with Gasteiger partial charge in [-0.2, -0.15) is 5.26 Å². The van der Waals surface area contributed by atoms with Crippen molar-refractivity contribution in [1.29, 1.82) is 5.26 Å². The third-order valence-electron chi connectivity index (χ3n) is 2.65. The van der Waals surface area contributed by atoms with E-state index in [2.05, 4.69) is 0 Å². The maximum absolute atomic E-state index is 11.2. The molecule has 4 nitrogen and oxygen atoms in total. The van der Waals surface area contributed by atoms with E-state index in [9.17, 15) is 4.79 Å². The molecule has 0 fully saturated rings. The van der Waals surface area contributed by atoms with Crippen molar-refractivity contribution in [3.8, 4) is 17.6 Å². The fraction of sp³-hybridized carbons (Fsp3) is 0.0667. The van der Waals surface area contributed by atoms with Gasteiger partial charge in [0.15, 0.2) is 0 Å². The molecule has 1 N–H and O–H groups in total. The summed E-state index contributed by atoms with van der Waals surface area (Å²) in [5, 5.41) is 18.5. The number of nitrogens with zero attached hydrogens (tertiary/aromatic N) is 1. The molecule has 0 amide bonds. The van der Waals surface area contributed by atoms with Crippen molar-refractivity contribution in [1.82, 2.24) is 0 Å². The Hall–Kier alpha value is -2.51. The first-order chi connectivity index (χ1) is 9.51. The van der Waals surface area contributed by atoms with E-state index in [1.54, 1.807) is 18.2 Å². The standard InChI is InChI=1S/C15H10ClNO3/c1-9-2-3-10(8-17)13(6-9)20-14-7-11(16)4-5-12(14)15(18)19/h2-7H,1H3,(H,18,19). The minimum Gasteiger partial charge on any atom is -0.478 e. The summed E-state index contributed by atoms with van der Waals surface area (Å²) >= 11 is 5.85. The van der Waals surface area contributed by atoms with Gasteiger partial charge in [0.05, 0.1) is 5.56 Å². The molecule has 100 valence electrons. The Morgan fingerprint density at radius 3 is 2.65 bits per heavy atom. The number of carbonyl (C=O) groups is 1. The minimum absolute atomic E-state index is 0.0141. The lowest BCUT2D eigenvalue weighted by molar-refractivity contribution is 0.0694. The topological polar surface area (TPSA) is 70.3 Å². The molecular weight excluding hydrogens is 278 g/mol. The Kier molecular flexibility index (Phi) is 3.92. The molecule has 0 bridgehead atoms. The summed E-state index contributed by atoms with van der Waals surface area (Å²) in [6, 6.07) is 11.3. The number of halogens is 1. The van der Waals surface area contributed by atoms with Gasteiger partial charge in [0.2, 0.25) is 0 Å². The summed E-state index contributed by atoms with van der Waals surface area (Å²) in [7, 11) is 0. The predicted molar refractivity (Wildman–Crippen MR) is 74.4 cm³/mol. The molecule has 0 saturated carbocycles. The van der Waals surface area contributed by atoms with Crippen LogP contribution in [0.2, 0.25) is 5.02 Å².